The average molecular weight is 626 g/mol. The molecule has 0 radical (unpaired) electrons. The van der Waals surface area contributed by atoms with Gasteiger partial charge in [-0.3, -0.25) is 14.7 Å². The molecular formula is C32H30F3N3O5S. The molecule has 12 heteroatoms. The number of alkyl halides is 3. The summed E-state index contributed by atoms with van der Waals surface area (Å²) in [5, 5.41) is 6.09. The van der Waals surface area contributed by atoms with Gasteiger partial charge in [0.2, 0.25) is 12.1 Å². The lowest BCUT2D eigenvalue weighted by molar-refractivity contribution is -0.145. The normalized spacial score (nSPS) is 12.4. The van der Waals surface area contributed by atoms with E-state index in [1.807, 2.05) is 49.3 Å². The molecule has 230 valence electrons. The van der Waals surface area contributed by atoms with Gasteiger partial charge in [0.25, 0.3) is 5.56 Å². The number of halogens is 3. The molecule has 0 aliphatic rings. The molecular weight excluding hydrogens is 595 g/mol. The van der Waals surface area contributed by atoms with Gasteiger partial charge < -0.3 is 14.2 Å². The summed E-state index contributed by atoms with van der Waals surface area (Å²) < 4.78 is 58.8. The summed E-state index contributed by atoms with van der Waals surface area (Å²) in [6.45, 7) is 4.38. The van der Waals surface area contributed by atoms with Gasteiger partial charge in [-0.15, -0.1) is 5.10 Å². The van der Waals surface area contributed by atoms with Crippen LogP contribution in [0.25, 0.3) is 10.1 Å². The van der Waals surface area contributed by atoms with Gasteiger partial charge in [-0.1, -0.05) is 86.0 Å². The molecule has 0 aliphatic carbocycles. The number of nitrogens with one attached hydrogen (secondary N) is 1. The van der Waals surface area contributed by atoms with Gasteiger partial charge in [-0.2, -0.15) is 13.2 Å². The van der Waals surface area contributed by atoms with E-state index >= 15 is 0 Å². The van der Waals surface area contributed by atoms with Gasteiger partial charge in [-0.25, -0.2) is 3.96 Å². The molecule has 5 rings (SSSR count). The van der Waals surface area contributed by atoms with Crippen LogP contribution in [0.2, 0.25) is 0 Å². The summed E-state index contributed by atoms with van der Waals surface area (Å²) in [7, 11) is 0. The summed E-state index contributed by atoms with van der Waals surface area (Å²) in [6, 6.07) is 22.5. The summed E-state index contributed by atoms with van der Waals surface area (Å²) in [5.41, 5.74) is 0.816. The van der Waals surface area contributed by atoms with Crippen LogP contribution in [0, 0.1) is 0 Å². The van der Waals surface area contributed by atoms with E-state index in [9.17, 15) is 22.8 Å². The van der Waals surface area contributed by atoms with Crippen LogP contribution in [0.5, 0.6) is 11.6 Å². The number of carbonyl (C=O) groups is 1. The molecule has 1 unspecified atom stereocenters. The summed E-state index contributed by atoms with van der Waals surface area (Å²) in [6.07, 6.45) is -5.07. The number of rotatable bonds is 12. The number of fused-ring (bicyclic) bond motifs is 1. The lowest BCUT2D eigenvalue weighted by Gasteiger charge is -2.18. The second kappa shape index (κ2) is 13.4. The molecule has 0 amide bonds. The van der Waals surface area contributed by atoms with Crippen molar-refractivity contribution in [1.29, 1.82) is 0 Å². The molecule has 0 aliphatic heterocycles. The van der Waals surface area contributed by atoms with Crippen LogP contribution in [0.1, 0.15) is 61.2 Å². The van der Waals surface area contributed by atoms with E-state index in [1.165, 1.54) is 3.96 Å². The SMILES string of the molecule is CC(C)c1cc(OCCCC(=O)OCc2ccccc2)cc2sn(C(Oc3cc(C(F)(F)F)[nH]n3)c3ccccc3)c(=O)c12. The molecule has 2 aromatic heterocycles. The summed E-state index contributed by atoms with van der Waals surface area (Å²) in [4.78, 5) is 26.0. The molecule has 8 nitrogen and oxygen atoms in total. The van der Waals surface area contributed by atoms with Crippen molar-refractivity contribution < 1.29 is 32.2 Å². The van der Waals surface area contributed by atoms with E-state index in [0.29, 0.717) is 27.8 Å². The minimum absolute atomic E-state index is 0.0402. The maximum Gasteiger partial charge on any atom is 0.432 e. The highest BCUT2D eigenvalue weighted by molar-refractivity contribution is 7.14. The van der Waals surface area contributed by atoms with Crippen LogP contribution >= 0.6 is 11.5 Å². The zero-order valence-corrected chi connectivity index (χ0v) is 24.8. The number of hydrogen-bond donors (Lipinski definition) is 1. The number of H-pyrrole nitrogens is 1. The van der Waals surface area contributed by atoms with Gasteiger partial charge in [0.05, 0.1) is 16.7 Å². The van der Waals surface area contributed by atoms with Crippen LogP contribution in [0.15, 0.2) is 83.7 Å². The van der Waals surface area contributed by atoms with Crippen LogP contribution in [-0.2, 0) is 22.3 Å². The number of carbonyl (C=O) groups excluding carboxylic acids is 1. The Morgan fingerprint density at radius 3 is 2.39 bits per heavy atom. The summed E-state index contributed by atoms with van der Waals surface area (Å²) >= 11 is 1.12. The van der Waals surface area contributed by atoms with Crippen molar-refractivity contribution >= 4 is 27.6 Å². The molecule has 1 atom stereocenters. The summed E-state index contributed by atoms with van der Waals surface area (Å²) in [5.74, 6) is -0.128. The van der Waals surface area contributed by atoms with Crippen molar-refractivity contribution in [2.45, 2.75) is 51.6 Å². The predicted octanol–water partition coefficient (Wildman–Crippen LogP) is 7.46. The van der Waals surface area contributed by atoms with E-state index in [-0.39, 0.29) is 43.0 Å². The van der Waals surface area contributed by atoms with Crippen molar-refractivity contribution in [1.82, 2.24) is 14.2 Å². The third-order valence-corrected chi connectivity index (χ3v) is 7.84. The maximum absolute atomic E-state index is 13.8. The van der Waals surface area contributed by atoms with Gasteiger partial charge in [0, 0.05) is 18.1 Å². The average Bonchev–Trinajstić information content (AvgIpc) is 3.62. The molecule has 0 saturated carbocycles. The lowest BCUT2D eigenvalue weighted by Crippen LogP contribution is -2.25. The first kappa shape index (κ1) is 30.9. The number of ether oxygens (including phenoxy) is 3. The monoisotopic (exact) mass is 625 g/mol. The molecule has 2 heterocycles. The van der Waals surface area contributed by atoms with E-state index in [4.69, 9.17) is 14.2 Å². The number of hydrogen-bond acceptors (Lipinski definition) is 7. The Kier molecular flexibility index (Phi) is 9.38. The van der Waals surface area contributed by atoms with Gasteiger partial charge in [0.1, 0.15) is 18.1 Å². The van der Waals surface area contributed by atoms with Crippen LogP contribution in [0.4, 0.5) is 13.2 Å². The van der Waals surface area contributed by atoms with Crippen molar-refractivity contribution in [3.63, 3.8) is 0 Å². The molecule has 44 heavy (non-hydrogen) atoms. The third-order valence-electron chi connectivity index (χ3n) is 6.77. The van der Waals surface area contributed by atoms with E-state index in [2.05, 4.69) is 5.10 Å². The first-order chi connectivity index (χ1) is 21.1. The number of aromatic amines is 1. The van der Waals surface area contributed by atoms with E-state index in [1.54, 1.807) is 42.5 Å². The highest BCUT2D eigenvalue weighted by Gasteiger charge is 2.34. The zero-order valence-electron chi connectivity index (χ0n) is 24.0. The molecule has 0 saturated heterocycles. The fraction of sp³-hybridized carbons (Fsp3) is 0.281. The first-order valence-corrected chi connectivity index (χ1v) is 14.7. The number of esters is 1. The van der Waals surface area contributed by atoms with Gasteiger partial charge >= 0.3 is 12.1 Å². The number of benzene rings is 3. The van der Waals surface area contributed by atoms with Crippen LogP contribution in [-0.4, -0.2) is 26.7 Å². The Hall–Kier alpha value is -4.58. The minimum atomic E-state index is -4.63. The minimum Gasteiger partial charge on any atom is -0.494 e. The Morgan fingerprint density at radius 2 is 1.73 bits per heavy atom. The van der Waals surface area contributed by atoms with Crippen molar-refractivity contribution in [3.8, 4) is 11.6 Å². The van der Waals surface area contributed by atoms with Crippen molar-refractivity contribution in [2.75, 3.05) is 6.61 Å². The fourth-order valence-corrected chi connectivity index (χ4v) is 5.68. The van der Waals surface area contributed by atoms with Crippen LogP contribution < -0.4 is 15.0 Å². The van der Waals surface area contributed by atoms with Crippen LogP contribution in [0.3, 0.4) is 0 Å². The smallest absolute Gasteiger partial charge is 0.432 e. The molecule has 3 aromatic carbocycles. The second-order valence-electron chi connectivity index (χ2n) is 10.4. The van der Waals surface area contributed by atoms with Gasteiger partial charge in [0.15, 0.2) is 0 Å². The second-order valence-corrected chi connectivity index (χ2v) is 11.4. The Balaban J connectivity index is 1.36. The maximum atomic E-state index is 13.8. The third kappa shape index (κ3) is 7.31. The van der Waals surface area contributed by atoms with Gasteiger partial charge in [-0.05, 0) is 35.6 Å². The van der Waals surface area contributed by atoms with E-state index in [0.717, 1.165) is 28.7 Å². The van der Waals surface area contributed by atoms with E-state index < -0.39 is 18.1 Å². The molecule has 0 fully saturated rings. The Labute approximate surface area is 255 Å². The standard InChI is InChI=1S/C32H30F3N3O5S/c1-20(2)24-16-23(41-15-9-14-28(39)42-19-21-10-5-3-6-11-21)17-25-29(24)30(40)38(44-25)31(22-12-7-4-8-13-22)43-27-18-26(36-37-27)32(33,34)35/h3-8,10-13,16-18,20,31H,9,14-15,19H2,1-2H3,(H,36,37). The largest absolute Gasteiger partial charge is 0.494 e. The molecule has 0 bridgehead atoms. The topological polar surface area (TPSA) is 95.4 Å². The fourth-order valence-electron chi connectivity index (χ4n) is 4.57. The zero-order chi connectivity index (χ0) is 31.3. The molecule has 5 aromatic rings. The molecule has 1 N–H and O–H groups in total. The number of nitrogens with zero attached hydrogens (tertiary/aromatic N) is 2. The first-order valence-electron chi connectivity index (χ1n) is 14.0. The predicted molar refractivity (Wildman–Crippen MR) is 160 cm³/mol. The Morgan fingerprint density at radius 1 is 1.02 bits per heavy atom. The van der Waals surface area contributed by atoms with Crippen molar-refractivity contribution in [2.24, 2.45) is 0 Å². The Bertz CT molecular complexity index is 1770. The highest BCUT2D eigenvalue weighted by atomic mass is 32.1. The lowest BCUT2D eigenvalue weighted by atomic mass is 9.99. The quantitative estimate of drug-likeness (QED) is 0.114. The highest BCUT2D eigenvalue weighted by Crippen LogP contribution is 2.35. The number of aromatic nitrogens is 3. The molecule has 0 spiro atoms. The van der Waals surface area contributed by atoms with Crippen molar-refractivity contribution in [3.05, 3.63) is 112 Å².